The third-order valence-corrected chi connectivity index (χ3v) is 5.71. The molecule has 0 amide bonds. The molecule has 0 bridgehead atoms. The van der Waals surface area contributed by atoms with Crippen molar-refractivity contribution in [3.05, 3.63) is 65.7 Å². The molecule has 0 aliphatic carbocycles. The summed E-state index contributed by atoms with van der Waals surface area (Å²) >= 11 is 0. The van der Waals surface area contributed by atoms with Crippen molar-refractivity contribution in [2.45, 2.75) is 25.2 Å². The van der Waals surface area contributed by atoms with Crippen LogP contribution in [-0.2, 0) is 9.84 Å². The van der Waals surface area contributed by atoms with Crippen LogP contribution in [0.4, 0.5) is 0 Å². The number of rotatable bonds is 6. The average Bonchev–Trinajstić information content (AvgIpc) is 2.54. The SMILES string of the molecule is CCC(C)CS(=O)(=O)c1ccc(/C=C/c2ccccc2)cc1. The lowest BCUT2D eigenvalue weighted by Gasteiger charge is -2.09. The molecule has 2 rings (SSSR count). The molecule has 1 unspecified atom stereocenters. The fourth-order valence-corrected chi connectivity index (χ4v) is 3.86. The predicted octanol–water partition coefficient (Wildman–Crippen LogP) is 4.68. The van der Waals surface area contributed by atoms with E-state index in [1.54, 1.807) is 12.1 Å². The van der Waals surface area contributed by atoms with Gasteiger partial charge in [0.05, 0.1) is 10.6 Å². The van der Waals surface area contributed by atoms with Crippen LogP contribution in [-0.4, -0.2) is 14.2 Å². The number of hydrogen-bond donors (Lipinski definition) is 0. The molecule has 2 aromatic carbocycles. The first-order chi connectivity index (χ1) is 10.5. The summed E-state index contributed by atoms with van der Waals surface area (Å²) in [6.45, 7) is 3.98. The largest absolute Gasteiger partial charge is 0.224 e. The van der Waals surface area contributed by atoms with E-state index < -0.39 is 9.84 Å². The third kappa shape index (κ3) is 4.57. The van der Waals surface area contributed by atoms with E-state index in [4.69, 9.17) is 0 Å². The van der Waals surface area contributed by atoms with Gasteiger partial charge in [-0.2, -0.15) is 0 Å². The molecule has 22 heavy (non-hydrogen) atoms. The highest BCUT2D eigenvalue weighted by atomic mass is 32.2. The number of benzene rings is 2. The summed E-state index contributed by atoms with van der Waals surface area (Å²) in [4.78, 5) is 0.407. The van der Waals surface area contributed by atoms with Crippen LogP contribution in [0.1, 0.15) is 31.4 Å². The van der Waals surface area contributed by atoms with E-state index in [2.05, 4.69) is 0 Å². The minimum absolute atomic E-state index is 0.183. The molecule has 1 atom stereocenters. The number of hydrogen-bond acceptors (Lipinski definition) is 2. The van der Waals surface area contributed by atoms with Gasteiger partial charge < -0.3 is 0 Å². The van der Waals surface area contributed by atoms with Crippen molar-refractivity contribution >= 4 is 22.0 Å². The fraction of sp³-hybridized carbons (Fsp3) is 0.263. The van der Waals surface area contributed by atoms with Gasteiger partial charge in [0, 0.05) is 0 Å². The molecule has 0 heterocycles. The molecule has 0 aliphatic heterocycles. The van der Waals surface area contributed by atoms with Gasteiger partial charge in [-0.3, -0.25) is 0 Å². The fourth-order valence-electron chi connectivity index (χ4n) is 2.13. The monoisotopic (exact) mass is 314 g/mol. The van der Waals surface area contributed by atoms with Gasteiger partial charge in [-0.15, -0.1) is 0 Å². The summed E-state index contributed by atoms with van der Waals surface area (Å²) in [5, 5.41) is 0. The van der Waals surface area contributed by atoms with Gasteiger partial charge in [0.15, 0.2) is 9.84 Å². The first-order valence-corrected chi connectivity index (χ1v) is 9.22. The van der Waals surface area contributed by atoms with Gasteiger partial charge in [-0.1, -0.05) is 74.9 Å². The molecule has 0 radical (unpaired) electrons. The molecule has 2 nitrogen and oxygen atoms in total. The Balaban J connectivity index is 2.12. The first kappa shape index (κ1) is 16.5. The maximum absolute atomic E-state index is 12.3. The zero-order valence-electron chi connectivity index (χ0n) is 13.1. The highest BCUT2D eigenvalue weighted by molar-refractivity contribution is 7.91. The molecular formula is C19H22O2S. The summed E-state index contributed by atoms with van der Waals surface area (Å²) < 4.78 is 24.5. The highest BCUT2D eigenvalue weighted by Crippen LogP contribution is 2.17. The predicted molar refractivity (Wildman–Crippen MR) is 93.3 cm³/mol. The van der Waals surface area contributed by atoms with Gasteiger partial charge in [-0.25, -0.2) is 8.42 Å². The normalized spacial score (nSPS) is 13.4. The maximum atomic E-state index is 12.3. The van der Waals surface area contributed by atoms with Crippen LogP contribution < -0.4 is 0 Å². The van der Waals surface area contributed by atoms with Gasteiger partial charge in [0.25, 0.3) is 0 Å². The Hall–Kier alpha value is -1.87. The van der Waals surface area contributed by atoms with Gasteiger partial charge >= 0.3 is 0 Å². The van der Waals surface area contributed by atoms with Crippen LogP contribution >= 0.6 is 0 Å². The van der Waals surface area contributed by atoms with Crippen molar-refractivity contribution in [3.8, 4) is 0 Å². The molecule has 0 saturated heterocycles. The van der Waals surface area contributed by atoms with Crippen molar-refractivity contribution in [1.29, 1.82) is 0 Å². The quantitative estimate of drug-likeness (QED) is 0.726. The van der Waals surface area contributed by atoms with Crippen molar-refractivity contribution in [1.82, 2.24) is 0 Å². The van der Waals surface area contributed by atoms with Crippen LogP contribution in [0.15, 0.2) is 59.5 Å². The molecule has 2 aromatic rings. The first-order valence-electron chi connectivity index (χ1n) is 7.57. The zero-order chi connectivity index (χ0) is 16.0. The molecular weight excluding hydrogens is 292 g/mol. The zero-order valence-corrected chi connectivity index (χ0v) is 13.9. The molecule has 0 fully saturated rings. The minimum Gasteiger partial charge on any atom is -0.224 e. The van der Waals surface area contributed by atoms with Gasteiger partial charge in [0.1, 0.15) is 0 Å². The Morgan fingerprint density at radius 1 is 0.909 bits per heavy atom. The Morgan fingerprint density at radius 2 is 1.45 bits per heavy atom. The summed E-state index contributed by atoms with van der Waals surface area (Å²) in [5.74, 6) is 0.394. The summed E-state index contributed by atoms with van der Waals surface area (Å²) in [5.41, 5.74) is 2.11. The molecule has 0 saturated carbocycles. The topological polar surface area (TPSA) is 34.1 Å². The molecule has 3 heteroatoms. The van der Waals surface area contributed by atoms with Crippen LogP contribution in [0, 0.1) is 5.92 Å². The second-order valence-electron chi connectivity index (χ2n) is 5.61. The molecule has 0 N–H and O–H groups in total. The Labute approximate surface area is 133 Å². The molecule has 116 valence electrons. The van der Waals surface area contributed by atoms with Crippen molar-refractivity contribution in [3.63, 3.8) is 0 Å². The van der Waals surface area contributed by atoms with E-state index in [1.165, 1.54) is 0 Å². The van der Waals surface area contributed by atoms with Crippen LogP contribution in [0.3, 0.4) is 0 Å². The standard InChI is InChI=1S/C19H22O2S/c1-3-16(2)15-22(20,21)19-13-11-18(12-14-19)10-9-17-7-5-4-6-8-17/h4-14,16H,3,15H2,1-2H3/b10-9+. The second kappa shape index (κ2) is 7.41. The Kier molecular flexibility index (Phi) is 5.56. The second-order valence-corrected chi connectivity index (χ2v) is 7.64. The van der Waals surface area contributed by atoms with E-state index in [-0.39, 0.29) is 11.7 Å². The van der Waals surface area contributed by atoms with E-state index in [0.717, 1.165) is 17.5 Å². The third-order valence-electron chi connectivity index (χ3n) is 3.71. The molecule has 0 aliphatic rings. The van der Waals surface area contributed by atoms with Gasteiger partial charge in [0.2, 0.25) is 0 Å². The summed E-state index contributed by atoms with van der Waals surface area (Å²) in [7, 11) is -3.18. The number of sulfone groups is 1. The van der Waals surface area contributed by atoms with E-state index in [0.29, 0.717) is 4.90 Å². The molecule has 0 spiro atoms. The van der Waals surface area contributed by atoms with Crippen LogP contribution in [0.2, 0.25) is 0 Å². The summed E-state index contributed by atoms with van der Waals surface area (Å²) in [6, 6.07) is 17.1. The highest BCUT2D eigenvalue weighted by Gasteiger charge is 2.17. The van der Waals surface area contributed by atoms with Crippen LogP contribution in [0.5, 0.6) is 0 Å². The van der Waals surface area contributed by atoms with Crippen molar-refractivity contribution in [2.75, 3.05) is 5.75 Å². The maximum Gasteiger partial charge on any atom is 0.178 e. The lowest BCUT2D eigenvalue weighted by molar-refractivity contribution is 0.564. The van der Waals surface area contributed by atoms with E-state index >= 15 is 0 Å². The summed E-state index contributed by atoms with van der Waals surface area (Å²) in [6.07, 6.45) is 4.88. The van der Waals surface area contributed by atoms with E-state index in [1.807, 2.05) is 68.5 Å². The van der Waals surface area contributed by atoms with Gasteiger partial charge in [-0.05, 0) is 29.2 Å². The molecule has 0 aromatic heterocycles. The Morgan fingerprint density at radius 3 is 2.00 bits per heavy atom. The smallest absolute Gasteiger partial charge is 0.178 e. The average molecular weight is 314 g/mol. The van der Waals surface area contributed by atoms with Crippen LogP contribution in [0.25, 0.3) is 12.2 Å². The van der Waals surface area contributed by atoms with Crippen molar-refractivity contribution in [2.24, 2.45) is 5.92 Å². The lowest BCUT2D eigenvalue weighted by atomic mass is 10.1. The Bertz CT molecular complexity index is 714. The minimum atomic E-state index is -3.18. The van der Waals surface area contributed by atoms with Crippen molar-refractivity contribution < 1.29 is 8.42 Å². The lowest BCUT2D eigenvalue weighted by Crippen LogP contribution is -2.13. The van der Waals surface area contributed by atoms with E-state index in [9.17, 15) is 8.42 Å².